The average molecular weight is 293 g/mol. The second kappa shape index (κ2) is 8.13. The molecule has 1 unspecified atom stereocenters. The lowest BCUT2D eigenvalue weighted by Crippen LogP contribution is -2.37. The van der Waals surface area contributed by atoms with Gasteiger partial charge in [-0.15, -0.1) is 0 Å². The van der Waals surface area contributed by atoms with Gasteiger partial charge in [0.1, 0.15) is 23.4 Å². The number of nitrogens with one attached hydrogen (secondary N) is 1. The van der Waals surface area contributed by atoms with Gasteiger partial charge in [0.25, 0.3) is 0 Å². The van der Waals surface area contributed by atoms with Crippen molar-refractivity contribution >= 4 is 0 Å². The number of ether oxygens (including phenoxy) is 3. The standard InChI is InChI=1S/C17H27NO3/c1-13(12-18-14-7-5-4-6-8-14)21-17-10-15(19-2)9-16(11-17)20-3/h9-11,13-14,18H,4-8,12H2,1-3H3. The van der Waals surface area contributed by atoms with Gasteiger partial charge in [-0.3, -0.25) is 0 Å². The van der Waals surface area contributed by atoms with Gasteiger partial charge in [-0.05, 0) is 19.8 Å². The Hall–Kier alpha value is -1.42. The Bertz CT molecular complexity index is 408. The molecule has 1 aromatic carbocycles. The predicted molar refractivity (Wildman–Crippen MR) is 84.5 cm³/mol. The minimum Gasteiger partial charge on any atom is -0.496 e. The van der Waals surface area contributed by atoms with Crippen LogP contribution in [0, 0.1) is 0 Å². The molecule has 0 spiro atoms. The maximum atomic E-state index is 5.97. The van der Waals surface area contributed by atoms with E-state index in [1.165, 1.54) is 32.1 Å². The minimum atomic E-state index is 0.115. The minimum absolute atomic E-state index is 0.115. The SMILES string of the molecule is COc1cc(OC)cc(OC(C)CNC2CCCCC2)c1. The van der Waals surface area contributed by atoms with Gasteiger partial charge < -0.3 is 19.5 Å². The highest BCUT2D eigenvalue weighted by Gasteiger charge is 2.14. The van der Waals surface area contributed by atoms with Crippen LogP contribution in [0.2, 0.25) is 0 Å². The Balaban J connectivity index is 1.84. The molecular formula is C17H27NO3. The molecular weight excluding hydrogens is 266 g/mol. The molecule has 1 fully saturated rings. The molecule has 0 amide bonds. The van der Waals surface area contributed by atoms with Crippen molar-refractivity contribution in [3.05, 3.63) is 18.2 Å². The molecule has 1 aliphatic rings. The Labute approximate surface area is 127 Å². The molecule has 1 atom stereocenters. The van der Waals surface area contributed by atoms with E-state index in [9.17, 15) is 0 Å². The van der Waals surface area contributed by atoms with Crippen LogP contribution in [0.15, 0.2) is 18.2 Å². The van der Waals surface area contributed by atoms with Crippen LogP contribution in [-0.4, -0.2) is 32.9 Å². The van der Waals surface area contributed by atoms with Crippen molar-refractivity contribution in [1.29, 1.82) is 0 Å². The molecule has 4 heteroatoms. The zero-order valence-electron chi connectivity index (χ0n) is 13.4. The predicted octanol–water partition coefficient (Wildman–Crippen LogP) is 3.39. The van der Waals surface area contributed by atoms with Crippen LogP contribution < -0.4 is 19.5 Å². The molecule has 21 heavy (non-hydrogen) atoms. The molecule has 1 N–H and O–H groups in total. The quantitative estimate of drug-likeness (QED) is 0.836. The summed E-state index contributed by atoms with van der Waals surface area (Å²) in [6.07, 6.45) is 6.77. The van der Waals surface area contributed by atoms with E-state index in [1.54, 1.807) is 14.2 Å². The average Bonchev–Trinajstić information content (AvgIpc) is 2.53. The number of hydrogen-bond donors (Lipinski definition) is 1. The van der Waals surface area contributed by atoms with E-state index in [0.717, 1.165) is 23.8 Å². The summed E-state index contributed by atoms with van der Waals surface area (Å²) in [6.45, 7) is 2.95. The first kappa shape index (κ1) is 16.0. The van der Waals surface area contributed by atoms with Gasteiger partial charge in [-0.2, -0.15) is 0 Å². The molecule has 2 rings (SSSR count). The van der Waals surface area contributed by atoms with Crippen molar-refractivity contribution in [2.75, 3.05) is 20.8 Å². The van der Waals surface area contributed by atoms with Crippen LogP contribution in [0.3, 0.4) is 0 Å². The second-order valence-corrected chi connectivity index (χ2v) is 5.72. The number of rotatable bonds is 7. The monoisotopic (exact) mass is 293 g/mol. The summed E-state index contributed by atoms with van der Waals surface area (Å²) in [5.41, 5.74) is 0. The number of methoxy groups -OCH3 is 2. The van der Waals surface area contributed by atoms with Gasteiger partial charge >= 0.3 is 0 Å². The fourth-order valence-corrected chi connectivity index (χ4v) is 2.76. The van der Waals surface area contributed by atoms with Crippen molar-refractivity contribution in [2.45, 2.75) is 51.2 Å². The highest BCUT2D eigenvalue weighted by atomic mass is 16.5. The first-order valence-electron chi connectivity index (χ1n) is 7.84. The molecule has 0 aromatic heterocycles. The lowest BCUT2D eigenvalue weighted by atomic mass is 9.95. The normalized spacial score (nSPS) is 17.3. The molecule has 4 nitrogen and oxygen atoms in total. The van der Waals surface area contributed by atoms with E-state index in [4.69, 9.17) is 14.2 Å². The van der Waals surface area contributed by atoms with Gasteiger partial charge in [0, 0.05) is 30.8 Å². The zero-order valence-corrected chi connectivity index (χ0v) is 13.4. The third-order valence-corrected chi connectivity index (χ3v) is 3.96. The number of benzene rings is 1. The van der Waals surface area contributed by atoms with Gasteiger partial charge in [-0.25, -0.2) is 0 Å². The van der Waals surface area contributed by atoms with E-state index in [-0.39, 0.29) is 6.10 Å². The van der Waals surface area contributed by atoms with Crippen LogP contribution in [-0.2, 0) is 0 Å². The molecule has 0 heterocycles. The summed E-state index contributed by atoms with van der Waals surface area (Å²) in [5, 5.41) is 3.61. The van der Waals surface area contributed by atoms with Crippen LogP contribution in [0.5, 0.6) is 17.2 Å². The van der Waals surface area contributed by atoms with Gasteiger partial charge in [0.15, 0.2) is 0 Å². The molecule has 1 saturated carbocycles. The van der Waals surface area contributed by atoms with Crippen molar-refractivity contribution in [3.8, 4) is 17.2 Å². The van der Waals surface area contributed by atoms with Crippen LogP contribution in [0.25, 0.3) is 0 Å². The maximum absolute atomic E-state index is 5.97. The lowest BCUT2D eigenvalue weighted by Gasteiger charge is -2.25. The van der Waals surface area contributed by atoms with E-state index >= 15 is 0 Å². The molecule has 118 valence electrons. The van der Waals surface area contributed by atoms with Crippen LogP contribution in [0.4, 0.5) is 0 Å². The van der Waals surface area contributed by atoms with Crippen molar-refractivity contribution in [2.24, 2.45) is 0 Å². The van der Waals surface area contributed by atoms with E-state index in [1.807, 2.05) is 18.2 Å². The molecule has 1 aromatic rings. The second-order valence-electron chi connectivity index (χ2n) is 5.72. The molecule has 0 radical (unpaired) electrons. The Morgan fingerprint density at radius 1 is 1.00 bits per heavy atom. The highest BCUT2D eigenvalue weighted by molar-refractivity contribution is 5.42. The first-order valence-corrected chi connectivity index (χ1v) is 7.84. The van der Waals surface area contributed by atoms with E-state index < -0.39 is 0 Å². The van der Waals surface area contributed by atoms with Gasteiger partial charge in [-0.1, -0.05) is 19.3 Å². The fraction of sp³-hybridized carbons (Fsp3) is 0.647. The van der Waals surface area contributed by atoms with Crippen LogP contribution in [0.1, 0.15) is 39.0 Å². The summed E-state index contributed by atoms with van der Waals surface area (Å²) < 4.78 is 16.5. The summed E-state index contributed by atoms with van der Waals surface area (Å²) in [7, 11) is 3.29. The van der Waals surface area contributed by atoms with Crippen molar-refractivity contribution in [3.63, 3.8) is 0 Å². The van der Waals surface area contributed by atoms with E-state index in [2.05, 4.69) is 12.2 Å². The maximum Gasteiger partial charge on any atom is 0.127 e. The lowest BCUT2D eigenvalue weighted by molar-refractivity contribution is 0.204. The molecule has 0 bridgehead atoms. The highest BCUT2D eigenvalue weighted by Crippen LogP contribution is 2.28. The van der Waals surface area contributed by atoms with Gasteiger partial charge in [0.2, 0.25) is 0 Å². The van der Waals surface area contributed by atoms with E-state index in [0.29, 0.717) is 6.04 Å². The van der Waals surface area contributed by atoms with Crippen LogP contribution >= 0.6 is 0 Å². The summed E-state index contributed by atoms with van der Waals surface area (Å²) >= 11 is 0. The van der Waals surface area contributed by atoms with Crippen molar-refractivity contribution < 1.29 is 14.2 Å². The fourth-order valence-electron chi connectivity index (χ4n) is 2.76. The summed E-state index contributed by atoms with van der Waals surface area (Å²) in [4.78, 5) is 0. The molecule has 0 aliphatic heterocycles. The first-order chi connectivity index (χ1) is 10.2. The zero-order chi connectivity index (χ0) is 15.1. The van der Waals surface area contributed by atoms with Crippen molar-refractivity contribution in [1.82, 2.24) is 5.32 Å². The Morgan fingerprint density at radius 2 is 1.57 bits per heavy atom. The molecule has 1 aliphatic carbocycles. The third kappa shape index (κ3) is 5.12. The summed E-state index contributed by atoms with van der Waals surface area (Å²) in [5.74, 6) is 2.28. The number of hydrogen-bond acceptors (Lipinski definition) is 4. The van der Waals surface area contributed by atoms with Gasteiger partial charge in [0.05, 0.1) is 14.2 Å². The Kier molecular flexibility index (Phi) is 6.18. The topological polar surface area (TPSA) is 39.7 Å². The largest absolute Gasteiger partial charge is 0.496 e. The Morgan fingerprint density at radius 3 is 2.14 bits per heavy atom. The molecule has 0 saturated heterocycles. The summed E-state index contributed by atoms with van der Waals surface area (Å²) in [6, 6.07) is 6.28. The third-order valence-electron chi connectivity index (χ3n) is 3.96. The smallest absolute Gasteiger partial charge is 0.127 e.